The average molecular weight is 492 g/mol. The van der Waals surface area contributed by atoms with Crippen molar-refractivity contribution in [1.29, 1.82) is 0 Å². The monoisotopic (exact) mass is 491 g/mol. The Balaban J connectivity index is 1.35. The molecule has 2 aliphatic heterocycles. The molecule has 2 heterocycles. The first kappa shape index (κ1) is 26.0. The molecule has 0 aliphatic carbocycles. The Hall–Kier alpha value is -3.06. The van der Waals surface area contributed by atoms with E-state index in [0.717, 1.165) is 62.8 Å². The quantitative estimate of drug-likeness (QED) is 0.546. The molecule has 1 atom stereocenters. The molecule has 2 N–H and O–H groups in total. The van der Waals surface area contributed by atoms with E-state index in [9.17, 15) is 9.59 Å². The maximum atomic E-state index is 13.1. The van der Waals surface area contributed by atoms with Crippen LogP contribution < -0.4 is 20.4 Å². The second kappa shape index (κ2) is 12.3. The summed E-state index contributed by atoms with van der Waals surface area (Å²) in [5.41, 5.74) is 3.61. The molecule has 36 heavy (non-hydrogen) atoms. The molecule has 2 fully saturated rings. The van der Waals surface area contributed by atoms with E-state index in [1.165, 1.54) is 12.8 Å². The van der Waals surface area contributed by atoms with Crippen molar-refractivity contribution in [2.75, 3.05) is 54.4 Å². The minimum Gasteiger partial charge on any atom is -0.371 e. The van der Waals surface area contributed by atoms with Crippen LogP contribution in [0.5, 0.6) is 0 Å². The third-order valence-corrected chi connectivity index (χ3v) is 7.32. The summed E-state index contributed by atoms with van der Waals surface area (Å²) in [5, 5.41) is 5.98. The minimum absolute atomic E-state index is 0.177. The lowest BCUT2D eigenvalue weighted by Gasteiger charge is -2.38. The smallest absolute Gasteiger partial charge is 0.251 e. The summed E-state index contributed by atoms with van der Waals surface area (Å²) < 4.78 is 0. The van der Waals surface area contributed by atoms with Crippen LogP contribution in [0.25, 0.3) is 0 Å². The molecule has 194 valence electrons. The van der Waals surface area contributed by atoms with E-state index < -0.39 is 6.04 Å². The Morgan fingerprint density at radius 3 is 2.17 bits per heavy atom. The van der Waals surface area contributed by atoms with Gasteiger partial charge in [0.05, 0.1) is 0 Å². The summed E-state index contributed by atoms with van der Waals surface area (Å²) >= 11 is 0. The standard InChI is InChI=1S/C29H41N5O2/c1-4-8-27(29(36)30-24-9-7-10-26(21-24)33-15-5-6-16-33)31-28(35)23-11-13-25(14-12-23)34-19-17-32(18-20-34)22(2)3/h7,9-14,21-22,27H,4-6,8,15-20H2,1-3H3,(H,30,36)(H,31,35)/t27-/m1/s1. The molecule has 7 nitrogen and oxygen atoms in total. The van der Waals surface area contributed by atoms with Crippen molar-refractivity contribution < 1.29 is 9.59 Å². The first-order chi connectivity index (χ1) is 17.4. The highest BCUT2D eigenvalue weighted by Crippen LogP contribution is 2.24. The summed E-state index contributed by atoms with van der Waals surface area (Å²) in [6, 6.07) is 15.7. The van der Waals surface area contributed by atoms with Gasteiger partial charge in [-0.25, -0.2) is 0 Å². The largest absolute Gasteiger partial charge is 0.371 e. The van der Waals surface area contributed by atoms with Gasteiger partial charge < -0.3 is 20.4 Å². The van der Waals surface area contributed by atoms with E-state index >= 15 is 0 Å². The summed E-state index contributed by atoms with van der Waals surface area (Å²) in [6.45, 7) is 12.7. The van der Waals surface area contributed by atoms with E-state index in [2.05, 4.69) is 45.2 Å². The lowest BCUT2D eigenvalue weighted by atomic mass is 10.1. The Labute approximate surface area is 215 Å². The zero-order valence-electron chi connectivity index (χ0n) is 22.0. The van der Waals surface area contributed by atoms with Crippen molar-refractivity contribution in [1.82, 2.24) is 10.2 Å². The highest BCUT2D eigenvalue weighted by molar-refractivity contribution is 6.01. The molecule has 2 aromatic rings. The summed E-state index contributed by atoms with van der Waals surface area (Å²) in [5.74, 6) is -0.394. The molecule has 0 saturated carbocycles. The van der Waals surface area contributed by atoms with E-state index in [0.29, 0.717) is 18.0 Å². The van der Waals surface area contributed by atoms with Gasteiger partial charge in [0, 0.05) is 67.9 Å². The summed E-state index contributed by atoms with van der Waals surface area (Å²) in [6.07, 6.45) is 3.79. The van der Waals surface area contributed by atoms with Gasteiger partial charge in [-0.15, -0.1) is 0 Å². The molecule has 7 heteroatoms. The fraction of sp³-hybridized carbons (Fsp3) is 0.517. The zero-order chi connectivity index (χ0) is 25.5. The molecule has 0 radical (unpaired) electrons. The normalized spacial score (nSPS) is 17.3. The second-order valence-corrected chi connectivity index (χ2v) is 10.2. The summed E-state index contributed by atoms with van der Waals surface area (Å²) in [7, 11) is 0. The number of carbonyl (C=O) groups is 2. The van der Waals surface area contributed by atoms with Gasteiger partial charge in [-0.3, -0.25) is 14.5 Å². The Morgan fingerprint density at radius 1 is 0.861 bits per heavy atom. The first-order valence-electron chi connectivity index (χ1n) is 13.5. The number of benzene rings is 2. The molecule has 2 saturated heterocycles. The molecule has 0 unspecified atom stereocenters. The lowest BCUT2D eigenvalue weighted by molar-refractivity contribution is -0.118. The van der Waals surface area contributed by atoms with Gasteiger partial charge in [0.15, 0.2) is 0 Å². The third kappa shape index (κ3) is 6.58. The van der Waals surface area contributed by atoms with Gasteiger partial charge in [-0.2, -0.15) is 0 Å². The van der Waals surface area contributed by atoms with Crippen LogP contribution in [0.1, 0.15) is 56.8 Å². The van der Waals surface area contributed by atoms with Crippen LogP contribution in [0.3, 0.4) is 0 Å². The van der Waals surface area contributed by atoms with Gasteiger partial charge in [-0.05, 0) is 75.6 Å². The number of nitrogens with one attached hydrogen (secondary N) is 2. The molecule has 0 bridgehead atoms. The van der Waals surface area contributed by atoms with Crippen molar-refractivity contribution in [3.63, 3.8) is 0 Å². The number of anilines is 3. The van der Waals surface area contributed by atoms with Crippen LogP contribution in [0.15, 0.2) is 48.5 Å². The van der Waals surface area contributed by atoms with Crippen LogP contribution in [0, 0.1) is 0 Å². The predicted molar refractivity (Wildman–Crippen MR) is 148 cm³/mol. The third-order valence-electron chi connectivity index (χ3n) is 7.32. The molecule has 2 amide bonds. The van der Waals surface area contributed by atoms with Crippen molar-refractivity contribution >= 4 is 28.9 Å². The number of hydrogen-bond acceptors (Lipinski definition) is 5. The number of carbonyl (C=O) groups excluding carboxylic acids is 2. The molecule has 0 spiro atoms. The van der Waals surface area contributed by atoms with Crippen molar-refractivity contribution in [2.24, 2.45) is 0 Å². The van der Waals surface area contributed by atoms with Gasteiger partial charge in [0.1, 0.15) is 6.04 Å². The van der Waals surface area contributed by atoms with Crippen LogP contribution in [-0.4, -0.2) is 68.1 Å². The minimum atomic E-state index is -0.582. The fourth-order valence-electron chi connectivity index (χ4n) is 5.10. The fourth-order valence-corrected chi connectivity index (χ4v) is 5.10. The number of rotatable bonds is 9. The second-order valence-electron chi connectivity index (χ2n) is 10.2. The maximum absolute atomic E-state index is 13.1. The number of piperazine rings is 1. The lowest BCUT2D eigenvalue weighted by Crippen LogP contribution is -2.48. The van der Waals surface area contributed by atoms with Crippen LogP contribution >= 0.6 is 0 Å². The number of amides is 2. The molecule has 2 aliphatic rings. The zero-order valence-corrected chi connectivity index (χ0v) is 22.0. The van der Waals surface area contributed by atoms with E-state index in [1.54, 1.807) is 0 Å². The van der Waals surface area contributed by atoms with Crippen LogP contribution in [0.2, 0.25) is 0 Å². The topological polar surface area (TPSA) is 67.9 Å². The van der Waals surface area contributed by atoms with Crippen LogP contribution in [0.4, 0.5) is 17.1 Å². The Bertz CT molecular complexity index is 1010. The molecular weight excluding hydrogens is 450 g/mol. The van der Waals surface area contributed by atoms with Crippen molar-refractivity contribution in [3.8, 4) is 0 Å². The van der Waals surface area contributed by atoms with E-state index in [4.69, 9.17) is 0 Å². The van der Waals surface area contributed by atoms with Crippen LogP contribution in [-0.2, 0) is 4.79 Å². The summed E-state index contributed by atoms with van der Waals surface area (Å²) in [4.78, 5) is 33.3. The van der Waals surface area contributed by atoms with Crippen molar-refractivity contribution in [2.45, 2.75) is 58.5 Å². The molecule has 4 rings (SSSR count). The highest BCUT2D eigenvalue weighted by Gasteiger charge is 2.23. The Kier molecular flexibility index (Phi) is 8.86. The van der Waals surface area contributed by atoms with E-state index in [1.807, 2.05) is 49.4 Å². The molecule has 0 aromatic heterocycles. The van der Waals surface area contributed by atoms with Gasteiger partial charge in [0.25, 0.3) is 5.91 Å². The van der Waals surface area contributed by atoms with Gasteiger partial charge in [0.2, 0.25) is 5.91 Å². The van der Waals surface area contributed by atoms with E-state index in [-0.39, 0.29) is 11.8 Å². The Morgan fingerprint density at radius 2 is 1.53 bits per heavy atom. The maximum Gasteiger partial charge on any atom is 0.251 e. The van der Waals surface area contributed by atoms with Crippen molar-refractivity contribution in [3.05, 3.63) is 54.1 Å². The molecular formula is C29H41N5O2. The van der Waals surface area contributed by atoms with Gasteiger partial charge >= 0.3 is 0 Å². The SMILES string of the molecule is CCC[C@@H](NC(=O)c1ccc(N2CCN(C(C)C)CC2)cc1)C(=O)Nc1cccc(N2CCCC2)c1. The number of hydrogen-bond donors (Lipinski definition) is 2. The highest BCUT2D eigenvalue weighted by atomic mass is 16.2. The average Bonchev–Trinajstić information content (AvgIpc) is 3.44. The predicted octanol–water partition coefficient (Wildman–Crippen LogP) is 4.35. The number of nitrogens with zero attached hydrogens (tertiary/aromatic N) is 3. The molecule has 2 aromatic carbocycles. The van der Waals surface area contributed by atoms with Gasteiger partial charge in [-0.1, -0.05) is 19.4 Å². The first-order valence-corrected chi connectivity index (χ1v) is 13.5.